The zero-order chi connectivity index (χ0) is 11.9. The summed E-state index contributed by atoms with van der Waals surface area (Å²) >= 11 is 0. The molecule has 86 valence electrons. The van der Waals surface area contributed by atoms with Crippen molar-refractivity contribution in [1.29, 1.82) is 0 Å². The molecule has 7 nitrogen and oxygen atoms in total. The molecule has 2 N–H and O–H groups in total. The van der Waals surface area contributed by atoms with Gasteiger partial charge in [-0.05, 0) is 0 Å². The number of nitrogens with zero attached hydrogens (tertiary/aromatic N) is 1. The Hall–Kier alpha value is -1.41. The predicted octanol–water partition coefficient (Wildman–Crippen LogP) is -1.06. The van der Waals surface area contributed by atoms with Gasteiger partial charge in [0.25, 0.3) is 0 Å². The number of aryl methyl sites for hydroxylation is 1. The molecular formula is C7H12N2O5S. The monoisotopic (exact) mass is 236 g/mol. The molecule has 0 bridgehead atoms. The summed E-state index contributed by atoms with van der Waals surface area (Å²) in [6, 6.07) is 0. The third-order valence-corrected chi connectivity index (χ3v) is 1.19. The zero-order valence-corrected chi connectivity index (χ0v) is 8.90. The van der Waals surface area contributed by atoms with Gasteiger partial charge in [0.1, 0.15) is 18.9 Å². The number of hydrogen-bond donors (Lipinski definition) is 2. The lowest BCUT2D eigenvalue weighted by Crippen LogP contribution is -2.31. The average molecular weight is 236 g/mol. The van der Waals surface area contributed by atoms with Gasteiger partial charge < -0.3 is 9.66 Å². The molecule has 0 aliphatic carbocycles. The summed E-state index contributed by atoms with van der Waals surface area (Å²) in [5, 5.41) is 8.29. The summed E-state index contributed by atoms with van der Waals surface area (Å²) in [4.78, 5) is 12.9. The Morgan fingerprint density at radius 2 is 2.13 bits per heavy atom. The lowest BCUT2D eigenvalue weighted by atomic mass is 10.4. The van der Waals surface area contributed by atoms with E-state index in [4.69, 9.17) is 18.1 Å². The summed E-state index contributed by atoms with van der Waals surface area (Å²) in [5.74, 6) is -0.770. The fourth-order valence-electron chi connectivity index (χ4n) is 0.684. The minimum absolute atomic E-state index is 0.169. The van der Waals surface area contributed by atoms with Crippen molar-refractivity contribution in [2.24, 2.45) is 0 Å². The molecule has 8 heteroatoms. The smallest absolute Gasteiger partial charge is 0.307 e. The van der Waals surface area contributed by atoms with Crippen molar-refractivity contribution in [3.8, 4) is 0 Å². The van der Waals surface area contributed by atoms with E-state index in [0.717, 1.165) is 0 Å². The van der Waals surface area contributed by atoms with E-state index in [1.165, 1.54) is 0 Å². The Morgan fingerprint density at radius 1 is 1.60 bits per heavy atom. The Kier molecular flexibility index (Phi) is 5.57. The molecule has 0 unspecified atom stereocenters. The highest BCUT2D eigenvalue weighted by molar-refractivity contribution is 7.84. The molecule has 0 aliphatic rings. The lowest BCUT2D eigenvalue weighted by molar-refractivity contribution is -0.694. The van der Waals surface area contributed by atoms with Gasteiger partial charge in [0, 0.05) is 6.26 Å². The lowest BCUT2D eigenvalue weighted by Gasteiger charge is -1.90. The van der Waals surface area contributed by atoms with Gasteiger partial charge in [-0.25, -0.2) is 13.0 Å². The molecular weight excluding hydrogens is 224 g/mol. The maximum absolute atomic E-state index is 10.1. The van der Waals surface area contributed by atoms with Crippen LogP contribution < -0.4 is 4.57 Å². The minimum atomic E-state index is -3.92. The quantitative estimate of drug-likeness (QED) is 0.512. The van der Waals surface area contributed by atoms with Crippen LogP contribution in [0.4, 0.5) is 0 Å². The van der Waals surface area contributed by atoms with Gasteiger partial charge in [0.2, 0.25) is 6.33 Å². The van der Waals surface area contributed by atoms with Crippen molar-refractivity contribution in [2.45, 2.75) is 13.0 Å². The molecule has 0 saturated carbocycles. The second kappa shape index (κ2) is 6.14. The first kappa shape index (κ1) is 13.6. The molecule has 1 heterocycles. The number of H-pyrrole nitrogens is 1. The highest BCUT2D eigenvalue weighted by Crippen LogP contribution is 1.78. The van der Waals surface area contributed by atoms with E-state index >= 15 is 0 Å². The third kappa shape index (κ3) is 12.6. The van der Waals surface area contributed by atoms with Crippen molar-refractivity contribution in [3.63, 3.8) is 0 Å². The summed E-state index contributed by atoms with van der Waals surface area (Å²) in [5.41, 5.74) is 0. The molecule has 15 heavy (non-hydrogen) atoms. The Bertz CT molecular complexity index is 376. The number of hydrogen-bond acceptors (Lipinski definition) is 4. The first-order valence-corrected chi connectivity index (χ1v) is 5.75. The number of aromatic amines is 1. The number of nitrogens with one attached hydrogen (secondary N) is 1. The number of imidazole rings is 1. The zero-order valence-electron chi connectivity index (χ0n) is 8.08. The standard InChI is InChI=1S/C6H8N2O2.CH4O3S/c9-6(10)1-3-8-4-2-7-5-8;1-5(2,3)4/h2,4-5H,1,3H2,(H,9,10);1H3,(H,2,3,4). The SMILES string of the molecule is CS(=O)(=O)[O-].O=C(O)CC[n+]1cc[nH]c1. The second-order valence-corrected chi connectivity index (χ2v) is 4.11. The van der Waals surface area contributed by atoms with Crippen molar-refractivity contribution in [3.05, 3.63) is 18.7 Å². The first-order valence-electron chi connectivity index (χ1n) is 3.93. The van der Waals surface area contributed by atoms with Crippen LogP contribution in [-0.2, 0) is 21.5 Å². The van der Waals surface area contributed by atoms with Crippen molar-refractivity contribution < 1.29 is 27.4 Å². The predicted molar refractivity (Wildman–Crippen MR) is 48.9 cm³/mol. The molecule has 0 saturated heterocycles. The number of aliphatic carboxylic acids is 1. The fourth-order valence-corrected chi connectivity index (χ4v) is 0.684. The van der Waals surface area contributed by atoms with Crippen LogP contribution in [0.5, 0.6) is 0 Å². The van der Waals surface area contributed by atoms with Crippen LogP contribution in [0.2, 0.25) is 0 Å². The highest BCUT2D eigenvalue weighted by Gasteiger charge is 2.00. The van der Waals surface area contributed by atoms with Crippen LogP contribution in [0, 0.1) is 0 Å². The second-order valence-electron chi connectivity index (χ2n) is 2.70. The maximum Gasteiger partial charge on any atom is 0.307 e. The number of carboxylic acid groups (broad SMARTS) is 1. The van der Waals surface area contributed by atoms with E-state index in [1.54, 1.807) is 23.3 Å². The highest BCUT2D eigenvalue weighted by atomic mass is 32.2. The first-order chi connectivity index (χ1) is 6.79. The van der Waals surface area contributed by atoms with Gasteiger partial charge in [0.05, 0.1) is 16.5 Å². The van der Waals surface area contributed by atoms with Gasteiger partial charge >= 0.3 is 5.97 Å². The van der Waals surface area contributed by atoms with Crippen molar-refractivity contribution >= 4 is 16.1 Å². The largest absolute Gasteiger partial charge is 0.748 e. The molecule has 1 aromatic heterocycles. The number of carboxylic acids is 1. The van der Waals surface area contributed by atoms with Gasteiger partial charge in [-0.3, -0.25) is 9.78 Å². The maximum atomic E-state index is 10.1. The van der Waals surface area contributed by atoms with E-state index < -0.39 is 16.1 Å². The van der Waals surface area contributed by atoms with E-state index in [2.05, 4.69) is 4.98 Å². The Morgan fingerprint density at radius 3 is 2.47 bits per heavy atom. The topological polar surface area (TPSA) is 114 Å². The van der Waals surface area contributed by atoms with Gasteiger partial charge in [-0.2, -0.15) is 0 Å². The normalized spacial score (nSPS) is 10.3. The van der Waals surface area contributed by atoms with Crippen LogP contribution in [0.25, 0.3) is 0 Å². The average Bonchev–Trinajstić information content (AvgIpc) is 2.48. The molecule has 0 radical (unpaired) electrons. The summed E-state index contributed by atoms with van der Waals surface area (Å²) < 4.78 is 29.0. The van der Waals surface area contributed by atoms with E-state index in [1.807, 2.05) is 0 Å². The third-order valence-electron chi connectivity index (χ3n) is 1.19. The molecule has 1 aromatic rings. The minimum Gasteiger partial charge on any atom is -0.748 e. The van der Waals surface area contributed by atoms with Crippen LogP contribution in [0.15, 0.2) is 18.7 Å². The number of aromatic nitrogens is 2. The van der Waals surface area contributed by atoms with Crippen molar-refractivity contribution in [2.75, 3.05) is 6.26 Å². The van der Waals surface area contributed by atoms with Gasteiger partial charge in [0.15, 0.2) is 0 Å². The van der Waals surface area contributed by atoms with Gasteiger partial charge in [-0.1, -0.05) is 0 Å². The number of rotatable bonds is 3. The molecule has 1 rings (SSSR count). The van der Waals surface area contributed by atoms with Crippen LogP contribution >= 0.6 is 0 Å². The molecule has 0 spiro atoms. The van der Waals surface area contributed by atoms with Gasteiger partial charge in [-0.15, -0.1) is 0 Å². The van der Waals surface area contributed by atoms with E-state index in [9.17, 15) is 4.79 Å². The number of carbonyl (C=O) groups is 1. The fraction of sp³-hybridized carbons (Fsp3) is 0.429. The Balaban J connectivity index is 0.000000336. The molecule has 0 amide bonds. The molecule has 0 aromatic carbocycles. The van der Waals surface area contributed by atoms with E-state index in [0.29, 0.717) is 12.8 Å². The summed E-state index contributed by atoms with van der Waals surface area (Å²) in [7, 11) is -3.92. The molecule has 0 fully saturated rings. The van der Waals surface area contributed by atoms with Crippen LogP contribution in [-0.4, -0.2) is 35.3 Å². The molecule has 0 atom stereocenters. The van der Waals surface area contributed by atoms with Crippen LogP contribution in [0.1, 0.15) is 6.42 Å². The summed E-state index contributed by atoms with van der Waals surface area (Å²) in [6.45, 7) is 0.527. The van der Waals surface area contributed by atoms with Crippen molar-refractivity contribution in [1.82, 2.24) is 4.98 Å². The van der Waals surface area contributed by atoms with E-state index in [-0.39, 0.29) is 6.42 Å². The molecule has 0 aliphatic heterocycles. The van der Waals surface area contributed by atoms with Crippen LogP contribution in [0.3, 0.4) is 0 Å². The summed E-state index contributed by atoms with van der Waals surface area (Å²) in [6.07, 6.45) is 6.04. The Labute approximate surface area is 87.1 Å².